The summed E-state index contributed by atoms with van der Waals surface area (Å²) in [5, 5.41) is 10.5. The highest BCUT2D eigenvalue weighted by Gasteiger charge is 2.06. The van der Waals surface area contributed by atoms with Crippen LogP contribution in [0, 0.1) is 0 Å². The van der Waals surface area contributed by atoms with Crippen LogP contribution < -0.4 is 10.6 Å². The van der Waals surface area contributed by atoms with Gasteiger partial charge in [-0.05, 0) is 35.4 Å². The molecular formula is C19H21N3O2S. The van der Waals surface area contributed by atoms with Gasteiger partial charge < -0.3 is 15.2 Å². The number of aromatic nitrogens is 1. The zero-order valence-electron chi connectivity index (χ0n) is 13.9. The fourth-order valence-corrected chi connectivity index (χ4v) is 3.32. The molecule has 0 bridgehead atoms. The Morgan fingerprint density at radius 3 is 2.76 bits per heavy atom. The molecule has 0 saturated heterocycles. The minimum Gasteiger partial charge on any atom is -0.356 e. The predicted octanol–water partition coefficient (Wildman–Crippen LogP) is 3.03. The number of carbonyl (C=O) groups is 2. The van der Waals surface area contributed by atoms with Crippen molar-refractivity contribution in [2.45, 2.75) is 19.4 Å². The van der Waals surface area contributed by atoms with Gasteiger partial charge in [-0.15, -0.1) is 0 Å². The average Bonchev–Trinajstić information content (AvgIpc) is 3.29. The lowest BCUT2D eigenvalue weighted by atomic mass is 10.2. The summed E-state index contributed by atoms with van der Waals surface area (Å²) in [5.74, 6) is -0.170. The van der Waals surface area contributed by atoms with Crippen LogP contribution in [0.15, 0.2) is 53.4 Å². The Morgan fingerprint density at radius 1 is 1.04 bits per heavy atom. The fraction of sp³-hybridized carbons (Fsp3) is 0.263. The Hall–Kier alpha value is -2.60. The van der Waals surface area contributed by atoms with Crippen LogP contribution in [0.5, 0.6) is 0 Å². The molecule has 2 aromatic heterocycles. The van der Waals surface area contributed by atoms with E-state index in [0.717, 1.165) is 13.0 Å². The highest BCUT2D eigenvalue weighted by Crippen LogP contribution is 2.15. The number of rotatable bonds is 8. The molecule has 0 radical (unpaired) electrons. The molecule has 1 aromatic carbocycles. The normalized spacial score (nSPS) is 10.7. The molecule has 0 aliphatic rings. The summed E-state index contributed by atoms with van der Waals surface area (Å²) < 4.78 is 2.20. The van der Waals surface area contributed by atoms with E-state index in [9.17, 15) is 9.59 Å². The van der Waals surface area contributed by atoms with Crippen molar-refractivity contribution in [1.82, 2.24) is 15.2 Å². The van der Waals surface area contributed by atoms with E-state index in [1.807, 2.05) is 17.5 Å². The number of carbonyl (C=O) groups excluding carboxylic acids is 2. The first-order valence-electron chi connectivity index (χ1n) is 8.35. The molecule has 6 heteroatoms. The van der Waals surface area contributed by atoms with Crippen molar-refractivity contribution in [3.63, 3.8) is 0 Å². The molecule has 0 atom stereocenters. The van der Waals surface area contributed by atoms with Crippen LogP contribution in [-0.4, -0.2) is 29.5 Å². The number of hydrogen-bond donors (Lipinski definition) is 2. The summed E-state index contributed by atoms with van der Waals surface area (Å²) in [6, 6.07) is 12.1. The zero-order valence-corrected chi connectivity index (χ0v) is 14.7. The van der Waals surface area contributed by atoms with Gasteiger partial charge in [0.15, 0.2) is 0 Å². The van der Waals surface area contributed by atoms with Crippen LogP contribution in [0.3, 0.4) is 0 Å². The van der Waals surface area contributed by atoms with Crippen LogP contribution in [0.4, 0.5) is 0 Å². The Labute approximate surface area is 150 Å². The number of para-hydroxylation sites is 1. The van der Waals surface area contributed by atoms with Gasteiger partial charge in [0.25, 0.3) is 5.91 Å². The van der Waals surface area contributed by atoms with E-state index >= 15 is 0 Å². The van der Waals surface area contributed by atoms with Gasteiger partial charge in [-0.3, -0.25) is 9.59 Å². The van der Waals surface area contributed by atoms with E-state index in [0.29, 0.717) is 25.1 Å². The molecule has 5 nitrogen and oxygen atoms in total. The van der Waals surface area contributed by atoms with Gasteiger partial charge in [0.2, 0.25) is 5.91 Å². The van der Waals surface area contributed by atoms with Crippen LogP contribution in [0.1, 0.15) is 23.2 Å². The van der Waals surface area contributed by atoms with Gasteiger partial charge in [0.05, 0.1) is 0 Å². The lowest BCUT2D eigenvalue weighted by Crippen LogP contribution is -2.31. The SMILES string of the molecule is O=C(CCNC(=O)c1ccsc1)NCCCn1ccc2ccccc21. The van der Waals surface area contributed by atoms with Gasteiger partial charge in [0, 0.05) is 48.7 Å². The van der Waals surface area contributed by atoms with Gasteiger partial charge in [0.1, 0.15) is 0 Å². The summed E-state index contributed by atoms with van der Waals surface area (Å²) in [7, 11) is 0. The fourth-order valence-electron chi connectivity index (χ4n) is 2.69. The molecule has 2 heterocycles. The van der Waals surface area contributed by atoms with Crippen molar-refractivity contribution in [3.8, 4) is 0 Å². The van der Waals surface area contributed by atoms with E-state index in [1.165, 1.54) is 22.2 Å². The minimum absolute atomic E-state index is 0.0389. The summed E-state index contributed by atoms with van der Waals surface area (Å²) in [6.07, 6.45) is 3.24. The molecule has 0 spiro atoms. The van der Waals surface area contributed by atoms with E-state index in [-0.39, 0.29) is 11.8 Å². The molecule has 0 aliphatic heterocycles. The number of thiophene rings is 1. The number of nitrogens with one attached hydrogen (secondary N) is 2. The third-order valence-corrected chi connectivity index (χ3v) is 4.68. The topological polar surface area (TPSA) is 63.1 Å². The van der Waals surface area contributed by atoms with Crippen molar-refractivity contribution >= 4 is 34.1 Å². The number of hydrogen-bond acceptors (Lipinski definition) is 3. The Kier molecular flexibility index (Phi) is 5.85. The van der Waals surface area contributed by atoms with Crippen molar-refractivity contribution in [2.75, 3.05) is 13.1 Å². The molecule has 0 unspecified atom stereocenters. The first-order valence-corrected chi connectivity index (χ1v) is 9.29. The molecule has 130 valence electrons. The van der Waals surface area contributed by atoms with Gasteiger partial charge in [-0.25, -0.2) is 0 Å². The maximum atomic E-state index is 11.8. The highest BCUT2D eigenvalue weighted by molar-refractivity contribution is 7.08. The smallest absolute Gasteiger partial charge is 0.252 e. The van der Waals surface area contributed by atoms with Gasteiger partial charge >= 0.3 is 0 Å². The van der Waals surface area contributed by atoms with E-state index in [1.54, 1.807) is 11.4 Å². The number of nitrogens with zero attached hydrogens (tertiary/aromatic N) is 1. The van der Waals surface area contributed by atoms with E-state index < -0.39 is 0 Å². The second kappa shape index (κ2) is 8.48. The largest absolute Gasteiger partial charge is 0.356 e. The zero-order chi connectivity index (χ0) is 17.5. The molecule has 3 aromatic rings. The second-order valence-electron chi connectivity index (χ2n) is 5.79. The molecule has 25 heavy (non-hydrogen) atoms. The average molecular weight is 355 g/mol. The van der Waals surface area contributed by atoms with Crippen molar-refractivity contribution < 1.29 is 9.59 Å². The number of aryl methyl sites for hydroxylation is 1. The standard InChI is InChI=1S/C19H21N3O2S/c23-18(6-10-21-19(24)16-8-13-25-14-16)20-9-3-11-22-12-7-15-4-1-2-5-17(15)22/h1-2,4-5,7-8,12-14H,3,6,9-11H2,(H,20,23)(H,21,24). The number of benzene rings is 1. The first-order chi connectivity index (χ1) is 12.2. The molecule has 0 saturated carbocycles. The molecule has 2 amide bonds. The monoisotopic (exact) mass is 355 g/mol. The Bertz CT molecular complexity index is 839. The summed E-state index contributed by atoms with van der Waals surface area (Å²) >= 11 is 1.48. The quantitative estimate of drug-likeness (QED) is 0.610. The first kappa shape index (κ1) is 17.2. The summed E-state index contributed by atoms with van der Waals surface area (Å²) in [6.45, 7) is 1.84. The summed E-state index contributed by atoms with van der Waals surface area (Å²) in [5.41, 5.74) is 1.86. The van der Waals surface area contributed by atoms with Crippen LogP contribution in [-0.2, 0) is 11.3 Å². The summed E-state index contributed by atoms with van der Waals surface area (Å²) in [4.78, 5) is 23.6. The van der Waals surface area contributed by atoms with Gasteiger partial charge in [-0.1, -0.05) is 18.2 Å². The lowest BCUT2D eigenvalue weighted by molar-refractivity contribution is -0.120. The van der Waals surface area contributed by atoms with Crippen LogP contribution in [0.25, 0.3) is 10.9 Å². The Balaban J connectivity index is 1.32. The van der Waals surface area contributed by atoms with E-state index in [4.69, 9.17) is 0 Å². The third-order valence-electron chi connectivity index (χ3n) is 4.00. The second-order valence-corrected chi connectivity index (χ2v) is 6.57. The van der Waals surface area contributed by atoms with Crippen molar-refractivity contribution in [1.29, 1.82) is 0 Å². The number of fused-ring (bicyclic) bond motifs is 1. The molecule has 0 fully saturated rings. The van der Waals surface area contributed by atoms with Crippen LogP contribution >= 0.6 is 11.3 Å². The maximum Gasteiger partial charge on any atom is 0.252 e. The Morgan fingerprint density at radius 2 is 1.92 bits per heavy atom. The molecule has 3 rings (SSSR count). The lowest BCUT2D eigenvalue weighted by Gasteiger charge is -2.08. The number of amides is 2. The highest BCUT2D eigenvalue weighted by atomic mass is 32.1. The van der Waals surface area contributed by atoms with Crippen molar-refractivity contribution in [2.24, 2.45) is 0 Å². The maximum absolute atomic E-state index is 11.8. The third kappa shape index (κ3) is 4.70. The predicted molar refractivity (Wildman–Crippen MR) is 101 cm³/mol. The van der Waals surface area contributed by atoms with Gasteiger partial charge in [-0.2, -0.15) is 11.3 Å². The molecular weight excluding hydrogens is 334 g/mol. The van der Waals surface area contributed by atoms with Crippen LogP contribution in [0.2, 0.25) is 0 Å². The van der Waals surface area contributed by atoms with E-state index in [2.05, 4.69) is 39.6 Å². The molecule has 0 aliphatic carbocycles. The van der Waals surface area contributed by atoms with Crippen molar-refractivity contribution in [3.05, 3.63) is 58.9 Å². The minimum atomic E-state index is -0.131. The molecule has 2 N–H and O–H groups in total.